The molecule has 0 saturated carbocycles. The van der Waals surface area contributed by atoms with Gasteiger partial charge in [0.25, 0.3) is 11.8 Å². The van der Waals surface area contributed by atoms with Gasteiger partial charge < -0.3 is 71.5 Å². The molecule has 2 atom stereocenters. The number of amides is 8. The van der Waals surface area contributed by atoms with E-state index in [0.29, 0.717) is 70.4 Å². The number of nitrogens with two attached hydrogens (primary N) is 2. The number of aromatic amines is 1. The number of imidazole rings is 1. The zero-order chi connectivity index (χ0) is 58.1. The van der Waals surface area contributed by atoms with Crippen LogP contribution in [0.5, 0.6) is 5.88 Å². The lowest BCUT2D eigenvalue weighted by Crippen LogP contribution is -2.54. The second kappa shape index (κ2) is 32.2. The number of imide groups is 1. The van der Waals surface area contributed by atoms with Crippen LogP contribution in [0.25, 0.3) is 33.5 Å². The number of hydrogen-bond acceptors (Lipinski definition) is 17. The van der Waals surface area contributed by atoms with E-state index in [2.05, 4.69) is 46.5 Å². The first-order chi connectivity index (χ1) is 39.1. The summed E-state index contributed by atoms with van der Waals surface area (Å²) in [5.41, 5.74) is 15.6. The zero-order valence-electron chi connectivity index (χ0n) is 44.8. The summed E-state index contributed by atoms with van der Waals surface area (Å²) in [6, 6.07) is 13.5. The van der Waals surface area contributed by atoms with Gasteiger partial charge in [-0.05, 0) is 66.8 Å². The summed E-state index contributed by atoms with van der Waals surface area (Å²) in [4.78, 5) is 105. The molecular weight excluding hydrogens is 1080 g/mol. The quantitative estimate of drug-likeness (QED) is 0.0215. The molecule has 2 aromatic heterocycles. The van der Waals surface area contributed by atoms with Crippen LogP contribution in [0.3, 0.4) is 0 Å². The van der Waals surface area contributed by atoms with Crippen molar-refractivity contribution >= 4 is 70.0 Å². The number of anilines is 1. The van der Waals surface area contributed by atoms with Crippen molar-refractivity contribution in [2.75, 3.05) is 84.4 Å². The number of nitrogens with one attached hydrogen (secondary N) is 6. The highest BCUT2D eigenvalue weighted by Crippen LogP contribution is 2.33. The second-order valence-electron chi connectivity index (χ2n) is 18.3. The van der Waals surface area contributed by atoms with Gasteiger partial charge in [0.2, 0.25) is 23.6 Å². The molecule has 25 nitrogen and oxygen atoms in total. The molecule has 0 bridgehead atoms. The molecule has 3 aromatic carbocycles. The average Bonchev–Trinajstić information content (AvgIpc) is 4.22. The molecule has 0 aliphatic carbocycles. The molecule has 1 aliphatic rings. The molecule has 6 rings (SSSR count). The fourth-order valence-electron chi connectivity index (χ4n) is 7.78. The first kappa shape index (κ1) is 62.1. The summed E-state index contributed by atoms with van der Waals surface area (Å²) < 4.78 is 46.9. The van der Waals surface area contributed by atoms with E-state index in [1.54, 1.807) is 56.3 Å². The van der Waals surface area contributed by atoms with E-state index in [1.807, 2.05) is 6.07 Å². The van der Waals surface area contributed by atoms with Crippen molar-refractivity contribution in [1.82, 2.24) is 46.1 Å². The van der Waals surface area contributed by atoms with Gasteiger partial charge in [-0.3, -0.25) is 28.9 Å². The van der Waals surface area contributed by atoms with Gasteiger partial charge in [0, 0.05) is 41.9 Å². The van der Waals surface area contributed by atoms with Gasteiger partial charge in [-0.15, -0.1) is 0 Å². The van der Waals surface area contributed by atoms with E-state index in [1.165, 1.54) is 30.5 Å². The minimum atomic E-state index is -1.07. The van der Waals surface area contributed by atoms with E-state index < -0.39 is 47.7 Å². The molecule has 27 heteroatoms. The third-order valence-electron chi connectivity index (χ3n) is 12.0. The van der Waals surface area contributed by atoms with Crippen LogP contribution in [0.15, 0.2) is 79.0 Å². The highest BCUT2D eigenvalue weighted by Gasteiger charge is 2.29. The second-order valence-corrected chi connectivity index (χ2v) is 18.7. The van der Waals surface area contributed by atoms with Crippen molar-refractivity contribution in [3.63, 3.8) is 0 Å². The van der Waals surface area contributed by atoms with Crippen molar-refractivity contribution in [2.24, 2.45) is 17.4 Å². The van der Waals surface area contributed by atoms with Gasteiger partial charge in [0.1, 0.15) is 36.9 Å². The Morgan fingerprint density at radius 1 is 0.765 bits per heavy atom. The molecule has 0 fully saturated rings. The maximum Gasteiger partial charge on any atom is 0.407 e. The molecule has 0 unspecified atom stereocenters. The summed E-state index contributed by atoms with van der Waals surface area (Å²) in [6.45, 7) is 5.89. The molecule has 81 heavy (non-hydrogen) atoms. The van der Waals surface area contributed by atoms with Crippen LogP contribution in [0.1, 0.15) is 44.5 Å². The van der Waals surface area contributed by atoms with Gasteiger partial charge in [0.05, 0.1) is 106 Å². The van der Waals surface area contributed by atoms with Gasteiger partial charge in [-0.1, -0.05) is 43.6 Å². The summed E-state index contributed by atoms with van der Waals surface area (Å²) in [6.07, 6.45) is 3.54. The minimum absolute atomic E-state index is 0.0411. The molecule has 0 radical (unpaired) electrons. The maximum absolute atomic E-state index is 13.9. The monoisotopic (exact) mass is 1140 g/mol. The molecule has 1 aliphatic heterocycles. The lowest BCUT2D eigenvalue weighted by Gasteiger charge is -2.25. The number of halogens is 2. The van der Waals surface area contributed by atoms with Gasteiger partial charge in [-0.25, -0.2) is 28.9 Å². The number of hydrogen-bond donors (Lipinski definition) is 8. The maximum atomic E-state index is 13.9. The molecule has 3 heterocycles. The molecule has 0 spiro atoms. The fourth-order valence-corrected chi connectivity index (χ4v) is 7.97. The number of primary amides is 1. The Balaban J connectivity index is 0.878. The Bertz CT molecular complexity index is 2970. The predicted molar refractivity (Wildman–Crippen MR) is 293 cm³/mol. The number of H-pyrrole nitrogens is 1. The van der Waals surface area contributed by atoms with Crippen LogP contribution < -0.4 is 42.8 Å². The number of aromatic nitrogens is 4. The Labute approximate surface area is 470 Å². The van der Waals surface area contributed by atoms with Gasteiger partial charge in [-0.2, -0.15) is 0 Å². The Morgan fingerprint density at radius 3 is 2.11 bits per heavy atom. The molecule has 0 saturated heterocycles. The van der Waals surface area contributed by atoms with Crippen molar-refractivity contribution in [3.8, 4) is 28.4 Å². The number of benzene rings is 3. The van der Waals surface area contributed by atoms with E-state index in [4.69, 9.17) is 51.5 Å². The van der Waals surface area contributed by atoms with E-state index in [0.717, 1.165) is 4.90 Å². The highest BCUT2D eigenvalue weighted by molar-refractivity contribution is 6.31. The van der Waals surface area contributed by atoms with Gasteiger partial charge in [0.15, 0.2) is 0 Å². The Hall–Kier alpha value is -8.14. The SMILES string of the molecule is CC(C)[C@H](NC(=O)CCOCCOCCOCCOCCN1C(=O)C=CC1=O)C(=O)N[C@@H](CCCNC(N)=O)C(=O)Nc1ccc(COC(=O)NCCOc2cnc3ccc(-c4[nH]c(CN)nc4-c4ccc(F)c(Cl)c4)cc3n2)cc1. The van der Waals surface area contributed by atoms with Crippen molar-refractivity contribution in [3.05, 3.63) is 101 Å². The van der Waals surface area contributed by atoms with Crippen molar-refractivity contribution in [2.45, 2.75) is 58.3 Å². The zero-order valence-corrected chi connectivity index (χ0v) is 45.5. The number of urea groups is 1. The van der Waals surface area contributed by atoms with Crippen LogP contribution in [-0.2, 0) is 60.8 Å². The number of nitrogens with zero attached hydrogens (tertiary/aromatic N) is 4. The lowest BCUT2D eigenvalue weighted by atomic mass is 10.0. The van der Waals surface area contributed by atoms with Crippen LogP contribution in [0.2, 0.25) is 5.02 Å². The topological polar surface area (TPSA) is 345 Å². The van der Waals surface area contributed by atoms with E-state index in [-0.39, 0.29) is 120 Å². The van der Waals surface area contributed by atoms with Crippen molar-refractivity contribution < 1.29 is 66.4 Å². The third kappa shape index (κ3) is 20.2. The molecular formula is C54H66ClFN12O13. The standard InChI is InChI=1S/C54H66ClFN12O13/c1-33(2)48(67-44(69)15-19-76-22-24-78-26-27-79-25-23-77-21-18-68-46(70)13-14-47(68)71)52(73)64-41(4-3-16-59-53(58)74)51(72)62-37-9-5-34(6-10-37)32-81-54(75)60-17-20-80-45-31-61-40-12-8-36(29-42(40)63-45)50-49(65-43(30-57)66-50)35-7-11-39(56)38(55)28-35/h5-14,28-29,31,33,41,48H,3-4,15-27,30,32,57H2,1-2H3,(H,60,75)(H,62,72)(H,64,73)(H,65,66)(H,67,69)(H3,58,59,74)/t41-,48-/m0/s1. The van der Waals surface area contributed by atoms with Crippen LogP contribution in [-0.4, -0.2) is 158 Å². The first-order valence-corrected chi connectivity index (χ1v) is 26.4. The van der Waals surface area contributed by atoms with Gasteiger partial charge >= 0.3 is 12.1 Å². The number of ether oxygens (including phenoxy) is 6. The Morgan fingerprint density at radius 2 is 1.44 bits per heavy atom. The Kier molecular flexibility index (Phi) is 24.7. The number of carbonyl (C=O) groups is 7. The molecule has 5 aromatic rings. The largest absolute Gasteiger partial charge is 0.475 e. The van der Waals surface area contributed by atoms with E-state index >= 15 is 0 Å². The molecule has 8 amide bonds. The summed E-state index contributed by atoms with van der Waals surface area (Å²) in [5, 5.41) is 13.3. The normalized spacial score (nSPS) is 12.8. The fraction of sp³-hybridized carbons (Fsp3) is 0.407. The van der Waals surface area contributed by atoms with Crippen molar-refractivity contribution in [1.29, 1.82) is 0 Å². The van der Waals surface area contributed by atoms with E-state index in [9.17, 15) is 38.0 Å². The van der Waals surface area contributed by atoms with Crippen LogP contribution in [0, 0.1) is 11.7 Å². The number of alkyl carbamates (subject to hydrolysis) is 1. The number of carbonyl (C=O) groups excluding carboxylic acids is 7. The highest BCUT2D eigenvalue weighted by atomic mass is 35.5. The lowest BCUT2D eigenvalue weighted by molar-refractivity contribution is -0.137. The smallest absolute Gasteiger partial charge is 0.407 e. The third-order valence-corrected chi connectivity index (χ3v) is 12.3. The summed E-state index contributed by atoms with van der Waals surface area (Å²) in [5.74, 6) is -2.49. The molecule has 434 valence electrons. The molecule has 10 N–H and O–H groups in total. The summed E-state index contributed by atoms with van der Waals surface area (Å²) in [7, 11) is 0. The first-order valence-electron chi connectivity index (χ1n) is 26.0. The summed E-state index contributed by atoms with van der Waals surface area (Å²) >= 11 is 6.07. The number of rotatable bonds is 34. The number of fused-ring (bicyclic) bond motifs is 1. The van der Waals surface area contributed by atoms with Crippen LogP contribution >= 0.6 is 11.6 Å². The van der Waals surface area contributed by atoms with Crippen LogP contribution in [0.4, 0.5) is 19.7 Å². The predicted octanol–water partition coefficient (Wildman–Crippen LogP) is 3.64. The minimum Gasteiger partial charge on any atom is -0.475 e. The average molecular weight is 1150 g/mol.